The summed E-state index contributed by atoms with van der Waals surface area (Å²) in [7, 11) is 1.85. The lowest BCUT2D eigenvalue weighted by Gasteiger charge is -2.34. The lowest BCUT2D eigenvalue weighted by Crippen LogP contribution is -2.47. The van der Waals surface area contributed by atoms with Crippen molar-refractivity contribution in [2.24, 2.45) is 4.99 Å². The number of likely N-dealkylation sites (tertiary alicyclic amines) is 1. The number of halogens is 2. The van der Waals surface area contributed by atoms with Gasteiger partial charge in [0.05, 0.1) is 18.8 Å². The molecule has 0 saturated carbocycles. The molecule has 2 aliphatic rings. The van der Waals surface area contributed by atoms with E-state index in [9.17, 15) is 0 Å². The van der Waals surface area contributed by atoms with Gasteiger partial charge < -0.3 is 19.7 Å². The topological polar surface area (TPSA) is 46.1 Å². The Hall–Kier alpha value is -1.01. The number of aryl methyl sites for hydroxylation is 1. The third-order valence-electron chi connectivity index (χ3n) is 5.42. The van der Waals surface area contributed by atoms with Gasteiger partial charge in [0, 0.05) is 43.3 Å². The fourth-order valence-corrected chi connectivity index (χ4v) is 4.29. The number of benzene rings is 1. The van der Waals surface area contributed by atoms with E-state index in [1.165, 1.54) is 6.42 Å². The maximum atomic E-state index is 6.24. The van der Waals surface area contributed by atoms with Gasteiger partial charge in [0.15, 0.2) is 5.96 Å². The predicted octanol–water partition coefficient (Wildman–Crippen LogP) is 4.16. The van der Waals surface area contributed by atoms with Crippen LogP contribution in [-0.2, 0) is 15.9 Å². The van der Waals surface area contributed by atoms with Crippen molar-refractivity contribution in [3.63, 3.8) is 0 Å². The molecule has 156 valence electrons. The number of guanidine groups is 1. The number of nitrogens with zero attached hydrogens (tertiary/aromatic N) is 2. The molecule has 0 aliphatic carbocycles. The van der Waals surface area contributed by atoms with E-state index in [-0.39, 0.29) is 0 Å². The lowest BCUT2D eigenvalue weighted by atomic mass is 10.1. The lowest BCUT2D eigenvalue weighted by molar-refractivity contribution is -0.0367. The zero-order valence-electron chi connectivity index (χ0n) is 16.6. The van der Waals surface area contributed by atoms with Crippen molar-refractivity contribution in [3.05, 3.63) is 33.8 Å². The van der Waals surface area contributed by atoms with Crippen molar-refractivity contribution in [2.45, 2.75) is 50.7 Å². The summed E-state index contributed by atoms with van der Waals surface area (Å²) >= 11 is 12.2. The van der Waals surface area contributed by atoms with E-state index >= 15 is 0 Å². The highest BCUT2D eigenvalue weighted by Gasteiger charge is 2.24. The molecule has 0 radical (unpaired) electrons. The van der Waals surface area contributed by atoms with Crippen LogP contribution < -0.4 is 5.32 Å². The molecule has 2 heterocycles. The molecule has 0 amide bonds. The first-order valence-corrected chi connectivity index (χ1v) is 11.0. The summed E-state index contributed by atoms with van der Waals surface area (Å²) in [6, 6.07) is 5.69. The summed E-state index contributed by atoms with van der Waals surface area (Å²) in [5.41, 5.74) is 1.13. The van der Waals surface area contributed by atoms with Crippen LogP contribution in [0.4, 0.5) is 0 Å². The molecule has 2 saturated heterocycles. The number of ether oxygens (including phenoxy) is 2. The minimum atomic E-state index is 0.307. The molecule has 0 aromatic heterocycles. The van der Waals surface area contributed by atoms with Crippen LogP contribution in [0.3, 0.4) is 0 Å². The second kappa shape index (κ2) is 11.2. The number of aliphatic imine (C=N–C) groups is 1. The van der Waals surface area contributed by atoms with E-state index in [1.54, 1.807) is 6.07 Å². The number of nitrogens with one attached hydrogen (secondary N) is 1. The number of piperidine rings is 1. The Bertz CT molecular complexity index is 643. The largest absolute Gasteiger partial charge is 0.376 e. The molecule has 1 aromatic rings. The van der Waals surface area contributed by atoms with Crippen molar-refractivity contribution in [1.82, 2.24) is 10.2 Å². The first kappa shape index (κ1) is 21.7. The SMILES string of the molecule is CN=C(NCCCc1ccc(Cl)cc1Cl)N1CCC(OCC2CCCO2)CC1. The average molecular weight is 428 g/mol. The summed E-state index contributed by atoms with van der Waals surface area (Å²) in [5, 5.41) is 4.89. The van der Waals surface area contributed by atoms with Crippen LogP contribution in [0, 0.1) is 0 Å². The van der Waals surface area contributed by atoms with Gasteiger partial charge in [0.2, 0.25) is 0 Å². The highest BCUT2D eigenvalue weighted by molar-refractivity contribution is 6.35. The third kappa shape index (κ3) is 6.51. The molecule has 7 heteroatoms. The summed E-state index contributed by atoms with van der Waals surface area (Å²) in [4.78, 5) is 6.77. The van der Waals surface area contributed by atoms with Crippen LogP contribution in [0.1, 0.15) is 37.7 Å². The van der Waals surface area contributed by atoms with E-state index in [0.717, 1.165) is 81.5 Å². The van der Waals surface area contributed by atoms with Gasteiger partial charge in [-0.1, -0.05) is 29.3 Å². The molecule has 1 aromatic carbocycles. The zero-order valence-corrected chi connectivity index (χ0v) is 18.1. The Kier molecular flexibility index (Phi) is 8.71. The maximum absolute atomic E-state index is 6.24. The second-order valence-electron chi connectivity index (χ2n) is 7.47. The van der Waals surface area contributed by atoms with Crippen LogP contribution >= 0.6 is 23.2 Å². The predicted molar refractivity (Wildman–Crippen MR) is 116 cm³/mol. The summed E-state index contributed by atoms with van der Waals surface area (Å²) < 4.78 is 11.7. The standard InChI is InChI=1S/C21H31Cl2N3O2/c1-24-21(25-10-2-4-16-6-7-17(22)14-20(16)23)26-11-8-18(9-12-26)28-15-19-5-3-13-27-19/h6-7,14,18-19H,2-5,8-13,15H2,1H3,(H,24,25). The van der Waals surface area contributed by atoms with Crippen LogP contribution in [0.25, 0.3) is 0 Å². The molecule has 1 N–H and O–H groups in total. The molecule has 2 fully saturated rings. The minimum absolute atomic E-state index is 0.307. The Balaban J connectivity index is 1.34. The molecule has 1 unspecified atom stereocenters. The quantitative estimate of drug-likeness (QED) is 0.403. The van der Waals surface area contributed by atoms with Crippen LogP contribution in [0.2, 0.25) is 10.0 Å². The van der Waals surface area contributed by atoms with Crippen LogP contribution in [-0.4, -0.2) is 63.0 Å². The number of hydrogen-bond donors (Lipinski definition) is 1. The molecule has 2 aliphatic heterocycles. The molecule has 28 heavy (non-hydrogen) atoms. The maximum Gasteiger partial charge on any atom is 0.193 e. The fraction of sp³-hybridized carbons (Fsp3) is 0.667. The van der Waals surface area contributed by atoms with Gasteiger partial charge in [0.1, 0.15) is 0 Å². The Labute approximate surface area is 178 Å². The molecule has 0 spiro atoms. The molecule has 1 atom stereocenters. The van der Waals surface area contributed by atoms with Crippen molar-refractivity contribution in [1.29, 1.82) is 0 Å². The van der Waals surface area contributed by atoms with E-state index in [4.69, 9.17) is 32.7 Å². The van der Waals surface area contributed by atoms with Crippen LogP contribution in [0.15, 0.2) is 23.2 Å². The summed E-state index contributed by atoms with van der Waals surface area (Å²) in [5.74, 6) is 0.972. The molecule has 3 rings (SSSR count). The van der Waals surface area contributed by atoms with Crippen molar-refractivity contribution < 1.29 is 9.47 Å². The third-order valence-corrected chi connectivity index (χ3v) is 6.00. The van der Waals surface area contributed by atoms with E-state index in [0.29, 0.717) is 17.2 Å². The first-order chi connectivity index (χ1) is 13.7. The van der Waals surface area contributed by atoms with Crippen molar-refractivity contribution in [2.75, 3.05) is 39.9 Å². The van der Waals surface area contributed by atoms with Gasteiger partial charge in [-0.25, -0.2) is 0 Å². The Morgan fingerprint density at radius 2 is 2.11 bits per heavy atom. The fourth-order valence-electron chi connectivity index (χ4n) is 3.79. The number of rotatable bonds is 7. The van der Waals surface area contributed by atoms with Gasteiger partial charge >= 0.3 is 0 Å². The Morgan fingerprint density at radius 1 is 1.29 bits per heavy atom. The van der Waals surface area contributed by atoms with Gasteiger partial charge in [-0.15, -0.1) is 0 Å². The van der Waals surface area contributed by atoms with Gasteiger partial charge in [0.25, 0.3) is 0 Å². The highest BCUT2D eigenvalue weighted by atomic mass is 35.5. The summed E-state index contributed by atoms with van der Waals surface area (Å²) in [6.45, 7) is 4.43. The molecule has 5 nitrogen and oxygen atoms in total. The van der Waals surface area contributed by atoms with Crippen molar-refractivity contribution in [3.8, 4) is 0 Å². The van der Waals surface area contributed by atoms with E-state index in [1.807, 2.05) is 19.2 Å². The minimum Gasteiger partial charge on any atom is -0.376 e. The average Bonchev–Trinajstić information content (AvgIpc) is 3.22. The molecular formula is C21H31Cl2N3O2. The van der Waals surface area contributed by atoms with Crippen molar-refractivity contribution >= 4 is 29.2 Å². The first-order valence-electron chi connectivity index (χ1n) is 10.3. The molecule has 0 bridgehead atoms. The Morgan fingerprint density at radius 3 is 2.79 bits per heavy atom. The normalized spacial score (nSPS) is 21.3. The van der Waals surface area contributed by atoms with Gasteiger partial charge in [-0.05, 0) is 56.2 Å². The van der Waals surface area contributed by atoms with Crippen LogP contribution in [0.5, 0.6) is 0 Å². The smallest absolute Gasteiger partial charge is 0.193 e. The zero-order chi connectivity index (χ0) is 19.8. The number of hydrogen-bond acceptors (Lipinski definition) is 3. The summed E-state index contributed by atoms with van der Waals surface area (Å²) in [6.07, 6.45) is 6.92. The van der Waals surface area contributed by atoms with Gasteiger partial charge in [-0.2, -0.15) is 0 Å². The highest BCUT2D eigenvalue weighted by Crippen LogP contribution is 2.22. The second-order valence-corrected chi connectivity index (χ2v) is 8.31. The molecular weight excluding hydrogens is 397 g/mol. The van der Waals surface area contributed by atoms with E-state index in [2.05, 4.69) is 15.2 Å². The van der Waals surface area contributed by atoms with Gasteiger partial charge in [-0.3, -0.25) is 4.99 Å². The van der Waals surface area contributed by atoms with E-state index < -0.39 is 0 Å². The monoisotopic (exact) mass is 427 g/mol.